The number of carbonyl (C=O) groups excluding carboxylic acids is 2. The second-order valence-electron chi connectivity index (χ2n) is 6.53. The minimum absolute atomic E-state index is 0.0506. The van der Waals surface area contributed by atoms with E-state index in [0.717, 1.165) is 24.6 Å². The van der Waals surface area contributed by atoms with E-state index in [1.165, 1.54) is 17.4 Å². The van der Waals surface area contributed by atoms with Gasteiger partial charge in [0, 0.05) is 24.3 Å². The Kier molecular flexibility index (Phi) is 8.75. The largest absolute Gasteiger partial charge is 0.480 e. The Hall–Kier alpha value is -2.60. The highest BCUT2D eigenvalue weighted by atomic mass is 32.2. The number of carboxylic acids is 1. The molecule has 0 saturated carbocycles. The van der Waals surface area contributed by atoms with Crippen LogP contribution in [0.1, 0.15) is 25.3 Å². The quantitative estimate of drug-likeness (QED) is 0.653. The summed E-state index contributed by atoms with van der Waals surface area (Å²) in [6.07, 6.45) is 2.21. The van der Waals surface area contributed by atoms with Gasteiger partial charge in [0.05, 0.1) is 0 Å². The molecule has 0 aromatic heterocycles. The maximum Gasteiger partial charge on any atom is 0.323 e. The summed E-state index contributed by atoms with van der Waals surface area (Å²) in [6, 6.07) is 18.8. The van der Waals surface area contributed by atoms with Crippen molar-refractivity contribution in [1.29, 1.82) is 0 Å². The second-order valence-corrected chi connectivity index (χ2v) is 7.73. The summed E-state index contributed by atoms with van der Waals surface area (Å²) in [5, 5.41) is 9.21. The Morgan fingerprint density at radius 3 is 2.18 bits per heavy atom. The van der Waals surface area contributed by atoms with Crippen LogP contribution in [0, 0.1) is 5.92 Å². The second kappa shape index (κ2) is 11.3. The van der Waals surface area contributed by atoms with Crippen LogP contribution in [-0.4, -0.2) is 34.4 Å². The topological polar surface area (TPSA) is 74.7 Å². The molecule has 0 bridgehead atoms. The van der Waals surface area contributed by atoms with Gasteiger partial charge in [0.1, 0.15) is 6.54 Å². The molecule has 28 heavy (non-hydrogen) atoms. The van der Waals surface area contributed by atoms with Crippen molar-refractivity contribution in [3.63, 3.8) is 0 Å². The summed E-state index contributed by atoms with van der Waals surface area (Å²) in [5.41, 5.74) is 1.74. The maximum absolute atomic E-state index is 13.2. The molecule has 0 fully saturated rings. The Balaban J connectivity index is 2.12. The normalized spacial score (nSPS) is 11.6. The lowest BCUT2D eigenvalue weighted by Crippen LogP contribution is -2.40. The number of benzene rings is 2. The molecule has 1 amide bonds. The molecule has 0 heterocycles. The molecule has 0 unspecified atom stereocenters. The van der Waals surface area contributed by atoms with Crippen LogP contribution in [0.4, 0.5) is 5.69 Å². The van der Waals surface area contributed by atoms with Gasteiger partial charge in [-0.05, 0) is 37.0 Å². The van der Waals surface area contributed by atoms with Crippen LogP contribution < -0.4 is 4.90 Å². The summed E-state index contributed by atoms with van der Waals surface area (Å²) in [4.78, 5) is 37.2. The zero-order chi connectivity index (χ0) is 20.4. The Bertz CT molecular complexity index is 780. The third-order valence-corrected chi connectivity index (χ3v) is 5.30. The van der Waals surface area contributed by atoms with Crippen molar-refractivity contribution in [2.75, 3.05) is 17.2 Å². The average Bonchev–Trinajstić information content (AvgIpc) is 2.69. The van der Waals surface area contributed by atoms with Gasteiger partial charge >= 0.3 is 5.97 Å². The van der Waals surface area contributed by atoms with Crippen molar-refractivity contribution in [1.82, 2.24) is 0 Å². The van der Waals surface area contributed by atoms with Gasteiger partial charge in [0.2, 0.25) is 5.91 Å². The molecule has 2 aromatic rings. The standard InChI is InChI=1S/C22H25NO4S/c1-17(24)28-16-19(12-8-11-18-9-4-2-5-10-18)22(27)23(15-21(25)26)20-13-6-3-7-14-20/h2-7,9-10,13-14,19H,8,11-12,15-16H2,1H3,(H,25,26)/t19-/m0/s1. The number of aryl methyl sites for hydroxylation is 1. The Labute approximate surface area is 169 Å². The molecule has 0 saturated heterocycles. The van der Waals surface area contributed by atoms with Crippen molar-refractivity contribution in [3.05, 3.63) is 66.2 Å². The van der Waals surface area contributed by atoms with Crippen LogP contribution in [0.15, 0.2) is 60.7 Å². The highest BCUT2D eigenvalue weighted by Gasteiger charge is 2.27. The summed E-state index contributed by atoms with van der Waals surface area (Å²) in [6.45, 7) is 1.07. The summed E-state index contributed by atoms with van der Waals surface area (Å²) < 4.78 is 0. The van der Waals surface area contributed by atoms with Crippen LogP contribution in [0.5, 0.6) is 0 Å². The first-order chi connectivity index (χ1) is 13.5. The third-order valence-electron chi connectivity index (χ3n) is 4.33. The fourth-order valence-electron chi connectivity index (χ4n) is 2.95. The summed E-state index contributed by atoms with van der Waals surface area (Å²) in [5.74, 6) is -1.39. The molecule has 148 valence electrons. The minimum atomic E-state index is -1.07. The first-order valence-corrected chi connectivity index (χ1v) is 10.2. The van der Waals surface area contributed by atoms with E-state index < -0.39 is 18.4 Å². The van der Waals surface area contributed by atoms with Gasteiger partial charge in [-0.25, -0.2) is 0 Å². The summed E-state index contributed by atoms with van der Waals surface area (Å²) in [7, 11) is 0. The molecule has 2 rings (SSSR count). The number of hydrogen-bond acceptors (Lipinski definition) is 4. The van der Waals surface area contributed by atoms with Gasteiger partial charge in [0.25, 0.3) is 0 Å². The number of nitrogens with zero attached hydrogens (tertiary/aromatic N) is 1. The highest BCUT2D eigenvalue weighted by Crippen LogP contribution is 2.23. The van der Waals surface area contributed by atoms with Crippen LogP contribution in [0.25, 0.3) is 0 Å². The van der Waals surface area contributed by atoms with Crippen molar-refractivity contribution in [3.8, 4) is 0 Å². The first-order valence-electron chi connectivity index (χ1n) is 9.23. The molecule has 6 heteroatoms. The van der Waals surface area contributed by atoms with E-state index in [2.05, 4.69) is 0 Å². The number of thioether (sulfide) groups is 1. The molecular formula is C22H25NO4S. The third kappa shape index (κ3) is 7.19. The number of anilines is 1. The smallest absolute Gasteiger partial charge is 0.323 e. The van der Waals surface area contributed by atoms with E-state index in [-0.39, 0.29) is 11.0 Å². The lowest BCUT2D eigenvalue weighted by Gasteiger charge is -2.26. The number of rotatable bonds is 10. The summed E-state index contributed by atoms with van der Waals surface area (Å²) >= 11 is 1.11. The van der Waals surface area contributed by atoms with Crippen LogP contribution in [0.2, 0.25) is 0 Å². The van der Waals surface area contributed by atoms with Crippen molar-refractivity contribution in [2.45, 2.75) is 26.2 Å². The number of para-hydroxylation sites is 1. The lowest BCUT2D eigenvalue weighted by molar-refractivity contribution is -0.137. The number of hydrogen-bond donors (Lipinski definition) is 1. The number of amides is 1. The Morgan fingerprint density at radius 2 is 1.61 bits per heavy atom. The molecule has 0 spiro atoms. The molecule has 0 radical (unpaired) electrons. The molecule has 0 aliphatic carbocycles. The molecular weight excluding hydrogens is 374 g/mol. The van der Waals surface area contributed by atoms with Gasteiger partial charge in [0.15, 0.2) is 5.12 Å². The van der Waals surface area contributed by atoms with E-state index in [4.69, 9.17) is 0 Å². The highest BCUT2D eigenvalue weighted by molar-refractivity contribution is 8.13. The van der Waals surface area contributed by atoms with Crippen LogP contribution >= 0.6 is 11.8 Å². The van der Waals surface area contributed by atoms with E-state index in [0.29, 0.717) is 17.9 Å². The number of aliphatic carboxylic acids is 1. The van der Waals surface area contributed by atoms with E-state index >= 15 is 0 Å². The van der Waals surface area contributed by atoms with Gasteiger partial charge in [-0.15, -0.1) is 0 Å². The lowest BCUT2D eigenvalue weighted by atomic mass is 9.99. The first kappa shape index (κ1) is 21.7. The SMILES string of the molecule is CC(=O)SC[C@H](CCCc1ccccc1)C(=O)N(CC(=O)O)c1ccccc1. The van der Waals surface area contributed by atoms with E-state index in [9.17, 15) is 19.5 Å². The van der Waals surface area contributed by atoms with Crippen molar-refractivity contribution < 1.29 is 19.5 Å². The number of carboxylic acid groups (broad SMARTS) is 1. The van der Waals surface area contributed by atoms with E-state index in [1.807, 2.05) is 36.4 Å². The molecule has 1 atom stereocenters. The van der Waals surface area contributed by atoms with Gasteiger partial charge < -0.3 is 10.0 Å². The maximum atomic E-state index is 13.2. The average molecular weight is 400 g/mol. The Morgan fingerprint density at radius 1 is 1.00 bits per heavy atom. The number of carbonyl (C=O) groups is 3. The van der Waals surface area contributed by atoms with E-state index in [1.54, 1.807) is 24.3 Å². The fraction of sp³-hybridized carbons (Fsp3) is 0.318. The molecule has 0 aliphatic heterocycles. The van der Waals surface area contributed by atoms with Gasteiger partial charge in [-0.3, -0.25) is 14.4 Å². The molecule has 1 N–H and O–H groups in total. The van der Waals surface area contributed by atoms with Gasteiger partial charge in [-0.1, -0.05) is 60.3 Å². The zero-order valence-electron chi connectivity index (χ0n) is 15.9. The molecule has 5 nitrogen and oxygen atoms in total. The van der Waals surface area contributed by atoms with Gasteiger partial charge in [-0.2, -0.15) is 0 Å². The van der Waals surface area contributed by atoms with Crippen LogP contribution in [-0.2, 0) is 20.8 Å². The van der Waals surface area contributed by atoms with Crippen molar-refractivity contribution in [2.24, 2.45) is 5.92 Å². The minimum Gasteiger partial charge on any atom is -0.480 e. The fourth-order valence-corrected chi connectivity index (χ4v) is 3.70. The van der Waals surface area contributed by atoms with Crippen molar-refractivity contribution >= 4 is 34.4 Å². The molecule has 2 aromatic carbocycles. The predicted octanol–water partition coefficient (Wildman–Crippen LogP) is 4.02. The zero-order valence-corrected chi connectivity index (χ0v) is 16.7. The molecule has 0 aliphatic rings. The van der Waals surface area contributed by atoms with Crippen LogP contribution in [0.3, 0.4) is 0 Å². The predicted molar refractivity (Wildman–Crippen MR) is 112 cm³/mol. The monoisotopic (exact) mass is 399 g/mol.